The number of nitrogens with one attached hydrogen (secondary N) is 1. The molecule has 0 fully saturated rings. The number of esters is 2. The number of ether oxygens (including phenoxy) is 3. The fraction of sp³-hybridized carbons (Fsp3) is 0.519. The van der Waals surface area contributed by atoms with Crippen molar-refractivity contribution in [2.45, 2.75) is 53.1 Å². The van der Waals surface area contributed by atoms with Gasteiger partial charge in [0.15, 0.2) is 5.78 Å². The number of allylic oxidation sites excluding steroid dienone is 3. The summed E-state index contributed by atoms with van der Waals surface area (Å²) in [5.74, 6) is -1.07. The molecule has 0 amide bonds. The number of dihydropyridines is 1. The molecule has 8 heteroatoms. The Labute approximate surface area is 211 Å². The molecule has 1 aromatic rings. The first-order chi connectivity index (χ1) is 16.7. The van der Waals surface area contributed by atoms with Crippen LogP contribution in [0.25, 0.3) is 0 Å². The second-order valence-electron chi connectivity index (χ2n) is 9.07. The molecule has 0 spiro atoms. The molecule has 0 bridgehead atoms. The molecule has 1 N–H and O–H groups in total. The summed E-state index contributed by atoms with van der Waals surface area (Å²) in [4.78, 5) is 39.8. The number of para-hydroxylation sites is 1. The van der Waals surface area contributed by atoms with Crippen LogP contribution in [0.4, 0.5) is 0 Å². The molecule has 2 aliphatic rings. The van der Waals surface area contributed by atoms with E-state index in [1.54, 1.807) is 11.8 Å². The topological polar surface area (TPSA) is 90.9 Å². The maximum atomic E-state index is 13.8. The molecule has 1 aromatic carbocycles. The van der Waals surface area contributed by atoms with Crippen LogP contribution in [0, 0.1) is 11.8 Å². The molecule has 35 heavy (non-hydrogen) atoms. The van der Waals surface area contributed by atoms with Crippen molar-refractivity contribution in [2.75, 3.05) is 25.2 Å². The van der Waals surface area contributed by atoms with Gasteiger partial charge in [0.25, 0.3) is 0 Å². The van der Waals surface area contributed by atoms with Gasteiger partial charge in [0.2, 0.25) is 0 Å². The van der Waals surface area contributed by atoms with E-state index in [4.69, 9.17) is 14.2 Å². The third kappa shape index (κ3) is 5.74. The summed E-state index contributed by atoms with van der Waals surface area (Å²) in [6, 6.07) is 7.41. The number of rotatable bonds is 9. The van der Waals surface area contributed by atoms with Crippen LogP contribution in [0.3, 0.4) is 0 Å². The summed E-state index contributed by atoms with van der Waals surface area (Å²) in [6.45, 7) is 9.85. The van der Waals surface area contributed by atoms with E-state index < -0.39 is 23.8 Å². The number of carbonyl (C=O) groups is 3. The van der Waals surface area contributed by atoms with Crippen molar-refractivity contribution < 1.29 is 28.6 Å². The normalized spacial score (nSPS) is 22.0. The highest BCUT2D eigenvalue weighted by Crippen LogP contribution is 2.47. The number of Topliss-reactive ketones (excluding diaryl/α,β-unsaturated/α-hetero) is 1. The Kier molecular flexibility index (Phi) is 9.05. The van der Waals surface area contributed by atoms with Crippen molar-refractivity contribution in [3.8, 4) is 5.75 Å². The maximum absolute atomic E-state index is 13.8. The summed E-state index contributed by atoms with van der Waals surface area (Å²) in [5, 5.41) is 3.29. The molecule has 0 aromatic heterocycles. The number of ketones is 1. The molecular formula is C27H35NO6S. The highest BCUT2D eigenvalue weighted by Gasteiger charge is 2.47. The van der Waals surface area contributed by atoms with E-state index in [1.165, 1.54) is 7.11 Å². The van der Waals surface area contributed by atoms with Crippen molar-refractivity contribution in [1.82, 2.24) is 5.32 Å². The van der Waals surface area contributed by atoms with E-state index in [0.717, 1.165) is 11.4 Å². The highest BCUT2D eigenvalue weighted by molar-refractivity contribution is 7.99. The van der Waals surface area contributed by atoms with Gasteiger partial charge in [0, 0.05) is 28.3 Å². The molecule has 0 saturated carbocycles. The third-order valence-corrected chi connectivity index (χ3v) is 7.08. The summed E-state index contributed by atoms with van der Waals surface area (Å²) < 4.78 is 16.7. The lowest BCUT2D eigenvalue weighted by Crippen LogP contribution is -2.43. The second kappa shape index (κ2) is 11.8. The quantitative estimate of drug-likeness (QED) is 0.303. The Morgan fingerprint density at radius 3 is 2.60 bits per heavy atom. The number of hydrogen-bond acceptors (Lipinski definition) is 8. The molecule has 0 radical (unpaired) electrons. The van der Waals surface area contributed by atoms with E-state index in [0.29, 0.717) is 40.3 Å². The SMILES string of the molecule is CCSCCOC(=O)C1=C(C)NC2=C(C(=O)[C@@H](C(=O)OC)[C@H](C)C2)[C@@H]1c1ccccc1OC(C)C. The Bertz CT molecular complexity index is 1040. The van der Waals surface area contributed by atoms with Gasteiger partial charge in [-0.25, -0.2) is 4.79 Å². The summed E-state index contributed by atoms with van der Waals surface area (Å²) in [5.41, 5.74) is 2.81. The fourth-order valence-electron chi connectivity index (χ4n) is 4.76. The second-order valence-corrected chi connectivity index (χ2v) is 10.5. The largest absolute Gasteiger partial charge is 0.491 e. The number of carbonyl (C=O) groups excluding carboxylic acids is 3. The number of methoxy groups -OCH3 is 1. The predicted molar refractivity (Wildman–Crippen MR) is 136 cm³/mol. The molecule has 1 aliphatic carbocycles. The molecule has 7 nitrogen and oxygen atoms in total. The van der Waals surface area contributed by atoms with Gasteiger partial charge in [-0.3, -0.25) is 9.59 Å². The van der Waals surface area contributed by atoms with Gasteiger partial charge in [0.1, 0.15) is 18.3 Å². The van der Waals surface area contributed by atoms with Gasteiger partial charge in [0.05, 0.1) is 24.7 Å². The lowest BCUT2D eigenvalue weighted by molar-refractivity contribution is -0.151. The Balaban J connectivity index is 2.14. The zero-order valence-corrected chi connectivity index (χ0v) is 22.1. The number of hydrogen-bond donors (Lipinski definition) is 1. The van der Waals surface area contributed by atoms with Crippen LogP contribution in [0.2, 0.25) is 0 Å². The van der Waals surface area contributed by atoms with Crippen LogP contribution in [0.1, 0.15) is 52.5 Å². The third-order valence-electron chi connectivity index (χ3n) is 6.22. The van der Waals surface area contributed by atoms with Gasteiger partial charge >= 0.3 is 11.9 Å². The average Bonchev–Trinajstić information content (AvgIpc) is 2.80. The Morgan fingerprint density at radius 2 is 1.94 bits per heavy atom. The summed E-state index contributed by atoms with van der Waals surface area (Å²) in [6.07, 6.45) is 0.375. The van der Waals surface area contributed by atoms with E-state index in [2.05, 4.69) is 5.32 Å². The van der Waals surface area contributed by atoms with Crippen molar-refractivity contribution in [3.63, 3.8) is 0 Å². The van der Waals surface area contributed by atoms with Crippen LogP contribution in [0.5, 0.6) is 5.75 Å². The summed E-state index contributed by atoms with van der Waals surface area (Å²) in [7, 11) is 1.29. The van der Waals surface area contributed by atoms with Gasteiger partial charge in [-0.1, -0.05) is 32.0 Å². The van der Waals surface area contributed by atoms with Crippen LogP contribution in [-0.2, 0) is 23.9 Å². The van der Waals surface area contributed by atoms with Crippen molar-refractivity contribution in [3.05, 3.63) is 52.4 Å². The molecule has 0 unspecified atom stereocenters. The Morgan fingerprint density at radius 1 is 1.23 bits per heavy atom. The van der Waals surface area contributed by atoms with Crippen LogP contribution in [-0.4, -0.2) is 49.0 Å². The predicted octanol–water partition coefficient (Wildman–Crippen LogP) is 4.38. The van der Waals surface area contributed by atoms with E-state index in [1.807, 2.05) is 58.9 Å². The zero-order chi connectivity index (χ0) is 25.7. The molecule has 3 atom stereocenters. The van der Waals surface area contributed by atoms with E-state index in [-0.39, 0.29) is 24.4 Å². The smallest absolute Gasteiger partial charge is 0.336 e. The number of benzene rings is 1. The monoisotopic (exact) mass is 501 g/mol. The first kappa shape index (κ1) is 26.9. The van der Waals surface area contributed by atoms with Gasteiger partial charge in [-0.15, -0.1) is 0 Å². The minimum atomic E-state index is -0.933. The lowest BCUT2D eigenvalue weighted by atomic mass is 9.69. The Hall–Kier alpha value is -2.74. The van der Waals surface area contributed by atoms with Crippen molar-refractivity contribution in [1.29, 1.82) is 0 Å². The molecule has 190 valence electrons. The lowest BCUT2D eigenvalue weighted by Gasteiger charge is -2.38. The number of thioether (sulfide) groups is 1. The average molecular weight is 502 g/mol. The van der Waals surface area contributed by atoms with E-state index >= 15 is 0 Å². The zero-order valence-electron chi connectivity index (χ0n) is 21.3. The molecule has 0 saturated heterocycles. The summed E-state index contributed by atoms with van der Waals surface area (Å²) >= 11 is 1.69. The molecule has 1 aliphatic heterocycles. The van der Waals surface area contributed by atoms with Crippen LogP contribution < -0.4 is 10.1 Å². The molecule has 1 heterocycles. The van der Waals surface area contributed by atoms with Gasteiger partial charge in [-0.2, -0.15) is 11.8 Å². The van der Waals surface area contributed by atoms with Gasteiger partial charge < -0.3 is 19.5 Å². The fourth-order valence-corrected chi connectivity index (χ4v) is 5.25. The first-order valence-corrected chi connectivity index (χ1v) is 13.2. The molecular weight excluding hydrogens is 466 g/mol. The standard InChI is InChI=1S/C27H35NO6S/c1-7-35-13-12-33-27(31)22-17(5)28-19-14-16(4)21(26(30)32-6)25(29)24(19)23(22)18-10-8-9-11-20(18)34-15(2)3/h8-11,15-16,21,23,28H,7,12-14H2,1-6H3/t16-,21+,23-/m1/s1. The maximum Gasteiger partial charge on any atom is 0.336 e. The highest BCUT2D eigenvalue weighted by atomic mass is 32.2. The van der Waals surface area contributed by atoms with Gasteiger partial charge in [-0.05, 0) is 44.9 Å². The first-order valence-electron chi connectivity index (χ1n) is 12.0. The van der Waals surface area contributed by atoms with Crippen LogP contribution >= 0.6 is 11.8 Å². The van der Waals surface area contributed by atoms with Crippen molar-refractivity contribution in [2.24, 2.45) is 11.8 Å². The van der Waals surface area contributed by atoms with Crippen LogP contribution in [0.15, 0.2) is 46.8 Å². The minimum Gasteiger partial charge on any atom is -0.491 e. The van der Waals surface area contributed by atoms with Crippen molar-refractivity contribution >= 4 is 29.5 Å². The minimum absolute atomic E-state index is 0.109. The van der Waals surface area contributed by atoms with E-state index in [9.17, 15) is 14.4 Å². The molecule has 3 rings (SSSR count).